The second-order valence-electron chi connectivity index (χ2n) is 4.97. The topological polar surface area (TPSA) is 32.5 Å². The van der Waals surface area contributed by atoms with Gasteiger partial charge in [0.25, 0.3) is 0 Å². The first-order chi connectivity index (χ1) is 8.28. The fourth-order valence-corrected chi connectivity index (χ4v) is 3.05. The molecule has 92 valence electrons. The van der Waals surface area contributed by atoms with Crippen LogP contribution in [0.25, 0.3) is 0 Å². The second kappa shape index (κ2) is 4.18. The summed E-state index contributed by atoms with van der Waals surface area (Å²) in [5.74, 6) is 0. The summed E-state index contributed by atoms with van der Waals surface area (Å²) in [6.07, 6.45) is 1.23. The van der Waals surface area contributed by atoms with Crippen LogP contribution < -0.4 is 10.6 Å². The summed E-state index contributed by atoms with van der Waals surface area (Å²) in [4.78, 5) is 4.68. The number of nitrogens with two attached hydrogens (primary N) is 1. The van der Waals surface area contributed by atoms with Gasteiger partial charge >= 0.3 is 0 Å². The molecule has 3 fully saturated rings. The summed E-state index contributed by atoms with van der Waals surface area (Å²) in [7, 11) is 0. The summed E-state index contributed by atoms with van der Waals surface area (Å²) in [6, 6.07) is 9.10. The van der Waals surface area contributed by atoms with Crippen molar-refractivity contribution < 1.29 is 4.39 Å². The lowest BCUT2D eigenvalue weighted by Gasteiger charge is -2.56. The maximum atomic E-state index is 12.4. The highest BCUT2D eigenvalue weighted by Gasteiger charge is 2.43. The van der Waals surface area contributed by atoms with Crippen LogP contribution in [0.4, 0.5) is 15.8 Å². The monoisotopic (exact) mass is 235 g/mol. The highest BCUT2D eigenvalue weighted by atomic mass is 19.1. The van der Waals surface area contributed by atoms with Crippen molar-refractivity contribution in [2.75, 3.05) is 36.9 Å². The normalized spacial score (nSPS) is 27.9. The van der Waals surface area contributed by atoms with Gasteiger partial charge in [-0.3, -0.25) is 4.90 Å². The summed E-state index contributed by atoms with van der Waals surface area (Å²) < 4.78 is 12.4. The van der Waals surface area contributed by atoms with E-state index in [0.29, 0.717) is 18.6 Å². The van der Waals surface area contributed by atoms with Crippen LogP contribution in [0.15, 0.2) is 24.3 Å². The first-order valence-electron chi connectivity index (χ1n) is 6.20. The molecule has 2 atom stereocenters. The first-order valence-corrected chi connectivity index (χ1v) is 6.20. The number of piperidine rings is 1. The van der Waals surface area contributed by atoms with Gasteiger partial charge in [0.05, 0.1) is 0 Å². The van der Waals surface area contributed by atoms with E-state index in [-0.39, 0.29) is 6.67 Å². The van der Waals surface area contributed by atoms with Crippen molar-refractivity contribution in [2.45, 2.75) is 18.5 Å². The number of fused-ring (bicyclic) bond motifs is 2. The Kier molecular flexibility index (Phi) is 2.67. The van der Waals surface area contributed by atoms with E-state index >= 15 is 0 Å². The average molecular weight is 235 g/mol. The molecule has 4 heteroatoms. The van der Waals surface area contributed by atoms with Gasteiger partial charge in [0.1, 0.15) is 6.67 Å². The number of benzene rings is 1. The average Bonchev–Trinajstić information content (AvgIpc) is 2.37. The summed E-state index contributed by atoms with van der Waals surface area (Å²) >= 11 is 0. The van der Waals surface area contributed by atoms with E-state index in [0.717, 1.165) is 18.8 Å². The number of hydrogen-bond donors (Lipinski definition) is 1. The lowest BCUT2D eigenvalue weighted by atomic mass is 9.87. The van der Waals surface area contributed by atoms with Crippen LogP contribution in [0.2, 0.25) is 0 Å². The van der Waals surface area contributed by atoms with Crippen LogP contribution in [0.5, 0.6) is 0 Å². The third-order valence-electron chi connectivity index (χ3n) is 3.95. The van der Waals surface area contributed by atoms with E-state index in [1.54, 1.807) is 0 Å². The highest BCUT2D eigenvalue weighted by Crippen LogP contribution is 2.34. The molecule has 0 aromatic heterocycles. The standard InChI is InChI=1S/C13H18FN3/c14-5-6-17-12-7-13(17)9-16(8-12)11-3-1-10(15)2-4-11/h1-4,12-13H,5-9,15H2. The largest absolute Gasteiger partial charge is 0.399 e. The van der Waals surface area contributed by atoms with E-state index < -0.39 is 0 Å². The molecule has 2 unspecified atom stereocenters. The Balaban J connectivity index is 1.67. The second-order valence-corrected chi connectivity index (χ2v) is 4.97. The van der Waals surface area contributed by atoms with Crippen LogP contribution in [-0.4, -0.2) is 43.3 Å². The Bertz CT molecular complexity index is 380. The molecule has 2 N–H and O–H groups in total. The van der Waals surface area contributed by atoms with E-state index in [2.05, 4.69) is 21.9 Å². The van der Waals surface area contributed by atoms with E-state index in [1.807, 2.05) is 12.1 Å². The minimum Gasteiger partial charge on any atom is -0.399 e. The Hall–Kier alpha value is -1.29. The number of anilines is 2. The van der Waals surface area contributed by atoms with Crippen molar-refractivity contribution in [3.8, 4) is 0 Å². The molecule has 0 aliphatic carbocycles. The zero-order valence-corrected chi connectivity index (χ0v) is 9.85. The van der Waals surface area contributed by atoms with Crippen LogP contribution in [0.3, 0.4) is 0 Å². The molecule has 1 aromatic rings. The number of halogens is 1. The Morgan fingerprint density at radius 3 is 2.41 bits per heavy atom. The smallest absolute Gasteiger partial charge is 0.102 e. The van der Waals surface area contributed by atoms with Crippen LogP contribution in [-0.2, 0) is 0 Å². The number of alkyl halides is 1. The van der Waals surface area contributed by atoms with Gasteiger partial charge in [0.15, 0.2) is 0 Å². The van der Waals surface area contributed by atoms with Crippen molar-refractivity contribution in [1.82, 2.24) is 4.90 Å². The van der Waals surface area contributed by atoms with Crippen LogP contribution >= 0.6 is 0 Å². The molecule has 3 nitrogen and oxygen atoms in total. The minimum absolute atomic E-state index is 0.227. The SMILES string of the molecule is Nc1ccc(N2CC3CC(C2)N3CCF)cc1. The van der Waals surface area contributed by atoms with Crippen molar-refractivity contribution in [2.24, 2.45) is 0 Å². The predicted molar refractivity (Wildman–Crippen MR) is 67.9 cm³/mol. The molecule has 3 heterocycles. The van der Waals surface area contributed by atoms with Gasteiger partial charge in [0.2, 0.25) is 0 Å². The third kappa shape index (κ3) is 1.86. The number of nitrogens with zero attached hydrogens (tertiary/aromatic N) is 2. The van der Waals surface area contributed by atoms with Crippen molar-refractivity contribution in [3.63, 3.8) is 0 Å². The summed E-state index contributed by atoms with van der Waals surface area (Å²) in [5.41, 5.74) is 7.72. The lowest BCUT2D eigenvalue weighted by Crippen LogP contribution is -2.69. The third-order valence-corrected chi connectivity index (χ3v) is 3.95. The Morgan fingerprint density at radius 1 is 1.18 bits per heavy atom. The molecule has 1 aromatic carbocycles. The van der Waals surface area contributed by atoms with Crippen molar-refractivity contribution in [1.29, 1.82) is 0 Å². The van der Waals surface area contributed by atoms with Crippen molar-refractivity contribution >= 4 is 11.4 Å². The molecular weight excluding hydrogens is 217 g/mol. The van der Waals surface area contributed by atoms with Gasteiger partial charge < -0.3 is 10.6 Å². The maximum absolute atomic E-state index is 12.4. The highest BCUT2D eigenvalue weighted by molar-refractivity contribution is 5.54. The van der Waals surface area contributed by atoms with Gasteiger partial charge in [-0.1, -0.05) is 0 Å². The Labute approximate surface area is 101 Å². The molecule has 0 saturated carbocycles. The zero-order chi connectivity index (χ0) is 11.8. The number of piperazine rings is 1. The molecule has 0 spiro atoms. The van der Waals surface area contributed by atoms with E-state index in [1.165, 1.54) is 12.1 Å². The van der Waals surface area contributed by atoms with Gasteiger partial charge in [-0.2, -0.15) is 0 Å². The fourth-order valence-electron chi connectivity index (χ4n) is 3.05. The molecule has 0 amide bonds. The van der Waals surface area contributed by atoms with Crippen LogP contribution in [0, 0.1) is 0 Å². The number of nitrogen functional groups attached to an aromatic ring is 1. The Morgan fingerprint density at radius 2 is 1.82 bits per heavy atom. The molecule has 3 aliphatic heterocycles. The zero-order valence-electron chi connectivity index (χ0n) is 9.85. The lowest BCUT2D eigenvalue weighted by molar-refractivity contribution is -0.00468. The predicted octanol–water partition coefficient (Wildman–Crippen LogP) is 1.50. The summed E-state index contributed by atoms with van der Waals surface area (Å²) in [6.45, 7) is 2.40. The minimum atomic E-state index is -0.227. The molecular formula is C13H18FN3. The van der Waals surface area contributed by atoms with Crippen LogP contribution in [0.1, 0.15) is 6.42 Å². The van der Waals surface area contributed by atoms with Crippen molar-refractivity contribution in [3.05, 3.63) is 24.3 Å². The van der Waals surface area contributed by atoms with Gasteiger partial charge in [-0.05, 0) is 30.7 Å². The molecule has 2 bridgehead atoms. The molecule has 4 rings (SSSR count). The molecule has 17 heavy (non-hydrogen) atoms. The quantitative estimate of drug-likeness (QED) is 0.806. The van der Waals surface area contributed by atoms with E-state index in [9.17, 15) is 4.39 Å². The van der Waals surface area contributed by atoms with E-state index in [4.69, 9.17) is 5.73 Å². The summed E-state index contributed by atoms with van der Waals surface area (Å²) in [5, 5.41) is 0. The first kappa shape index (κ1) is 10.8. The van der Waals surface area contributed by atoms with Gasteiger partial charge in [-0.15, -0.1) is 0 Å². The van der Waals surface area contributed by atoms with Gasteiger partial charge in [-0.25, -0.2) is 4.39 Å². The number of rotatable bonds is 3. The number of hydrogen-bond acceptors (Lipinski definition) is 3. The molecule has 0 radical (unpaired) electrons. The maximum Gasteiger partial charge on any atom is 0.102 e. The molecule has 3 saturated heterocycles. The molecule has 3 aliphatic rings. The fraction of sp³-hybridized carbons (Fsp3) is 0.538. The van der Waals surface area contributed by atoms with Gasteiger partial charge in [0, 0.05) is 43.1 Å².